The first-order valence-corrected chi connectivity index (χ1v) is 13.8. The van der Waals surface area contributed by atoms with Gasteiger partial charge in [-0.3, -0.25) is 19.3 Å². The lowest BCUT2D eigenvalue weighted by Crippen LogP contribution is -2.65. The minimum atomic E-state index is -2.72. The summed E-state index contributed by atoms with van der Waals surface area (Å²) < 4.78 is 5.11. The van der Waals surface area contributed by atoms with E-state index in [1.165, 1.54) is 4.90 Å². The maximum absolute atomic E-state index is 14.0. The molecule has 4 rings (SSSR count). The van der Waals surface area contributed by atoms with Crippen molar-refractivity contribution < 1.29 is 44.3 Å². The number of unbranched alkanes of at least 4 members (excludes halogenated alkanes) is 1. The minimum absolute atomic E-state index is 0.00764. The molecule has 3 aliphatic carbocycles. The van der Waals surface area contributed by atoms with Crippen LogP contribution < -0.4 is 16.0 Å². The van der Waals surface area contributed by atoms with Crippen molar-refractivity contribution in [2.75, 3.05) is 39.7 Å². The van der Waals surface area contributed by atoms with Gasteiger partial charge in [-0.1, -0.05) is 13.3 Å². The predicted octanol–water partition coefficient (Wildman–Crippen LogP) is 1.06. The Morgan fingerprint density at radius 2 is 1.83 bits per heavy atom. The summed E-state index contributed by atoms with van der Waals surface area (Å²) in [6, 6.07) is 0.509. The Kier molecular flexibility index (Phi) is 8.29. The van der Waals surface area contributed by atoms with Crippen LogP contribution in [0.15, 0.2) is 23.0 Å². The smallest absolute Gasteiger partial charge is 0.407 e. The van der Waals surface area contributed by atoms with Crippen LogP contribution >= 0.6 is 0 Å². The number of hydrogen-bond donors (Lipinski definition) is 6. The number of amides is 2. The number of carbonyl (C=O) groups is 4. The van der Waals surface area contributed by atoms with Gasteiger partial charge in [0.1, 0.15) is 22.8 Å². The molecule has 228 valence electrons. The third kappa shape index (κ3) is 4.75. The summed E-state index contributed by atoms with van der Waals surface area (Å²) in [6.45, 7) is 2.05. The Morgan fingerprint density at radius 1 is 1.17 bits per heavy atom. The number of aromatic hydroxyl groups is 1. The fraction of sp³-hybridized carbons (Fsp3) is 0.517. The van der Waals surface area contributed by atoms with E-state index in [1.54, 1.807) is 39.2 Å². The van der Waals surface area contributed by atoms with Crippen molar-refractivity contribution >= 4 is 35.0 Å². The van der Waals surface area contributed by atoms with Gasteiger partial charge in [0.25, 0.3) is 5.91 Å². The number of nitrogens with two attached hydrogens (primary N) is 1. The molecule has 2 amide bonds. The second kappa shape index (κ2) is 11.3. The number of carbonyl (C=O) groups excluding carboxylic acids is 4. The number of phenolic OH excluding ortho intramolecular Hbond substituents is 1. The van der Waals surface area contributed by atoms with Crippen LogP contribution in [0.3, 0.4) is 0 Å². The van der Waals surface area contributed by atoms with Crippen molar-refractivity contribution in [3.05, 3.63) is 39.7 Å². The van der Waals surface area contributed by atoms with Crippen LogP contribution in [0.25, 0.3) is 5.76 Å². The molecule has 0 radical (unpaired) electrons. The Labute approximate surface area is 243 Å². The lowest BCUT2D eigenvalue weighted by Gasteiger charge is -2.50. The second-order valence-electron chi connectivity index (χ2n) is 11.5. The quantitative estimate of drug-likeness (QED) is 0.188. The van der Waals surface area contributed by atoms with Crippen molar-refractivity contribution in [3.8, 4) is 5.75 Å². The average molecular weight is 587 g/mol. The first-order valence-electron chi connectivity index (χ1n) is 13.8. The van der Waals surface area contributed by atoms with Crippen LogP contribution in [0.1, 0.15) is 42.9 Å². The molecule has 1 aromatic rings. The molecule has 3 aliphatic rings. The maximum Gasteiger partial charge on any atom is 0.407 e. The summed E-state index contributed by atoms with van der Waals surface area (Å²) in [6.07, 6.45) is 1.01. The molecule has 13 heteroatoms. The van der Waals surface area contributed by atoms with Crippen LogP contribution in [-0.4, -0.2) is 95.3 Å². The largest absolute Gasteiger partial charge is 0.508 e. The van der Waals surface area contributed by atoms with Gasteiger partial charge in [-0.25, -0.2) is 4.79 Å². The number of primary amides is 1. The van der Waals surface area contributed by atoms with Gasteiger partial charge in [-0.05, 0) is 50.9 Å². The first kappa shape index (κ1) is 30.8. The van der Waals surface area contributed by atoms with E-state index in [1.807, 2.05) is 6.92 Å². The van der Waals surface area contributed by atoms with Gasteiger partial charge in [-0.2, -0.15) is 0 Å². The Bertz CT molecular complexity index is 1410. The Hall–Kier alpha value is -4.10. The van der Waals surface area contributed by atoms with E-state index in [9.17, 15) is 39.6 Å². The highest BCUT2D eigenvalue weighted by Gasteiger charge is 2.64. The van der Waals surface area contributed by atoms with Crippen molar-refractivity contribution in [1.29, 1.82) is 0 Å². The Morgan fingerprint density at radius 3 is 2.40 bits per heavy atom. The van der Waals surface area contributed by atoms with Gasteiger partial charge >= 0.3 is 6.09 Å². The van der Waals surface area contributed by atoms with Crippen molar-refractivity contribution in [2.24, 2.45) is 17.6 Å². The molecule has 4 atom stereocenters. The molecule has 0 aliphatic heterocycles. The summed E-state index contributed by atoms with van der Waals surface area (Å²) >= 11 is 0. The van der Waals surface area contributed by atoms with E-state index in [0.717, 1.165) is 6.42 Å². The highest BCUT2D eigenvalue weighted by atomic mass is 16.5. The molecule has 1 saturated carbocycles. The van der Waals surface area contributed by atoms with E-state index < -0.39 is 64.1 Å². The van der Waals surface area contributed by atoms with Crippen molar-refractivity contribution in [2.45, 2.75) is 50.8 Å². The lowest BCUT2D eigenvalue weighted by molar-refractivity contribution is -0.153. The lowest BCUT2D eigenvalue weighted by atomic mass is 9.57. The fourth-order valence-corrected chi connectivity index (χ4v) is 6.41. The molecule has 0 aromatic heterocycles. The number of nitrogens with zero attached hydrogens (tertiary/aromatic N) is 2. The summed E-state index contributed by atoms with van der Waals surface area (Å²) in [7, 11) is 6.62. The van der Waals surface area contributed by atoms with Gasteiger partial charge < -0.3 is 41.1 Å². The van der Waals surface area contributed by atoms with Gasteiger partial charge in [-0.15, -0.1) is 0 Å². The number of alkyl carbamates (subject to hydrolysis) is 1. The molecule has 0 spiro atoms. The molecule has 0 bridgehead atoms. The summed E-state index contributed by atoms with van der Waals surface area (Å²) in [4.78, 5) is 54.8. The van der Waals surface area contributed by atoms with Crippen LogP contribution in [0.2, 0.25) is 0 Å². The molecule has 1 fully saturated rings. The topological polar surface area (TPSA) is 203 Å². The number of ether oxygens (including phenoxy) is 1. The third-order valence-electron chi connectivity index (χ3n) is 8.41. The number of benzene rings is 1. The zero-order chi connectivity index (χ0) is 31.3. The number of ketones is 2. The van der Waals surface area contributed by atoms with E-state index in [0.29, 0.717) is 17.7 Å². The van der Waals surface area contributed by atoms with Crippen LogP contribution in [0.4, 0.5) is 10.5 Å². The number of likely N-dealkylation sites (N-methyl/N-ethyl adjacent to an activating group) is 1. The van der Waals surface area contributed by atoms with Gasteiger partial charge in [0.05, 0.1) is 18.2 Å². The molecular weight excluding hydrogens is 548 g/mol. The van der Waals surface area contributed by atoms with Gasteiger partial charge in [0.2, 0.25) is 5.78 Å². The summed E-state index contributed by atoms with van der Waals surface area (Å²) in [5.41, 5.74) is 2.87. The molecule has 0 unspecified atom stereocenters. The number of Topliss-reactive ketones (excluding diaryl/α,β-unsaturated/α-hetero) is 2. The standard InChI is InChI=1S/C29H38N4O9/c1-6-7-8-42-28(40)31-12-14-11-17(32(2)3)15-9-13-10-16-21(33(4)5)24(36)20(27(30)39)26(38)29(16,41)25(37)18(13)23(35)19(15)22(14)34/h11,13,16,21,34-35,38,41H,6-10,12H2,1-5H3,(H2,30,39)(H,31,40)/t13-,16-,21+,29-/m0/s1. The zero-order valence-electron chi connectivity index (χ0n) is 24.4. The highest BCUT2D eigenvalue weighted by Crippen LogP contribution is 2.54. The monoisotopic (exact) mass is 586 g/mol. The van der Waals surface area contributed by atoms with Crippen LogP contribution in [0, 0.1) is 11.8 Å². The molecule has 7 N–H and O–H groups in total. The number of anilines is 1. The second-order valence-corrected chi connectivity index (χ2v) is 11.5. The van der Waals surface area contributed by atoms with Gasteiger partial charge in [0.15, 0.2) is 11.4 Å². The number of phenols is 1. The molecule has 1 aromatic carbocycles. The summed E-state index contributed by atoms with van der Waals surface area (Å²) in [5.74, 6) is -7.15. The van der Waals surface area contributed by atoms with E-state index in [4.69, 9.17) is 10.5 Å². The number of aliphatic hydroxyl groups is 3. The van der Waals surface area contributed by atoms with E-state index in [2.05, 4.69) is 5.32 Å². The maximum atomic E-state index is 14.0. The van der Waals surface area contributed by atoms with Crippen molar-refractivity contribution in [1.82, 2.24) is 10.2 Å². The molecular formula is C29H38N4O9. The SMILES string of the molecule is CCCCOC(=O)NCc1cc(N(C)C)c2c(c1O)C(O)=C1C(=O)[C@]3(O)C(O)=C(C(N)=O)C(=O)[C@H](N(C)C)[C@@H]3C[C@@H]1C2. The molecule has 0 heterocycles. The van der Waals surface area contributed by atoms with Crippen LogP contribution in [0.5, 0.6) is 5.75 Å². The molecule has 42 heavy (non-hydrogen) atoms. The normalized spacial score (nSPS) is 25.2. The first-order chi connectivity index (χ1) is 19.7. The number of hydrogen-bond acceptors (Lipinski definition) is 11. The Balaban J connectivity index is 1.85. The van der Waals surface area contributed by atoms with Crippen molar-refractivity contribution in [3.63, 3.8) is 0 Å². The number of nitrogens with one attached hydrogen (secondary N) is 1. The molecule has 13 nitrogen and oxygen atoms in total. The zero-order valence-corrected chi connectivity index (χ0v) is 24.4. The predicted molar refractivity (Wildman–Crippen MR) is 152 cm³/mol. The third-order valence-corrected chi connectivity index (χ3v) is 8.41. The average Bonchev–Trinajstić information content (AvgIpc) is 2.89. The fourth-order valence-electron chi connectivity index (χ4n) is 6.41. The van der Waals surface area contributed by atoms with Crippen LogP contribution in [-0.2, 0) is 32.1 Å². The number of rotatable bonds is 8. The molecule has 0 saturated heterocycles. The minimum Gasteiger partial charge on any atom is -0.508 e. The number of aliphatic hydroxyl groups excluding tert-OH is 2. The van der Waals surface area contributed by atoms with E-state index >= 15 is 0 Å². The van der Waals surface area contributed by atoms with E-state index in [-0.39, 0.29) is 48.4 Å². The number of fused-ring (bicyclic) bond motifs is 3. The highest BCUT2D eigenvalue weighted by molar-refractivity contribution is 6.24. The van der Waals surface area contributed by atoms with Gasteiger partial charge in [0, 0.05) is 43.4 Å². The summed E-state index contributed by atoms with van der Waals surface area (Å²) in [5, 5.41) is 48.1.